The number of carbonyl (C=O) groups excluding carboxylic acids is 3. The summed E-state index contributed by atoms with van der Waals surface area (Å²) >= 11 is 6.95. The fourth-order valence-corrected chi connectivity index (χ4v) is 2.78. The van der Waals surface area contributed by atoms with E-state index in [4.69, 9.17) is 11.6 Å². The molecule has 2 aromatic carbocycles. The quantitative estimate of drug-likeness (QED) is 0.705. The van der Waals surface area contributed by atoms with Crippen LogP contribution in [0.5, 0.6) is 0 Å². The maximum Gasteiger partial charge on any atom is 0.339 e. The zero-order valence-corrected chi connectivity index (χ0v) is 15.5. The first-order chi connectivity index (χ1) is 12.5. The number of esters is 1. The number of amides is 2. The highest BCUT2D eigenvalue weighted by atomic mass is 35.5. The van der Waals surface area contributed by atoms with Gasteiger partial charge in [-0.25, -0.2) is 4.79 Å². The number of carbonyl (C=O) groups is 3. The van der Waals surface area contributed by atoms with E-state index in [1.54, 1.807) is 48.5 Å². The topological polar surface area (TPSA) is 84.5 Å². The summed E-state index contributed by atoms with van der Waals surface area (Å²) in [5.41, 5.74) is 1.28. The lowest BCUT2D eigenvalue weighted by Gasteiger charge is -2.09. The maximum absolute atomic E-state index is 12.0. The summed E-state index contributed by atoms with van der Waals surface area (Å²) in [6.07, 6.45) is 0. The molecule has 2 amide bonds. The molecule has 26 heavy (non-hydrogen) atoms. The van der Waals surface area contributed by atoms with Gasteiger partial charge in [0.15, 0.2) is 0 Å². The van der Waals surface area contributed by atoms with E-state index in [1.807, 2.05) is 0 Å². The van der Waals surface area contributed by atoms with Gasteiger partial charge in [0.05, 0.1) is 29.9 Å². The second kappa shape index (κ2) is 9.84. The van der Waals surface area contributed by atoms with Gasteiger partial charge in [0.1, 0.15) is 0 Å². The molecule has 0 saturated heterocycles. The number of anilines is 2. The Labute approximate surface area is 160 Å². The predicted octanol–water partition coefficient (Wildman–Crippen LogP) is 3.44. The predicted molar refractivity (Wildman–Crippen MR) is 104 cm³/mol. The van der Waals surface area contributed by atoms with Gasteiger partial charge >= 0.3 is 5.97 Å². The van der Waals surface area contributed by atoms with Crippen LogP contribution in [-0.4, -0.2) is 36.4 Å². The number of nitrogens with one attached hydrogen (secondary N) is 2. The average molecular weight is 393 g/mol. The number of methoxy groups -OCH3 is 1. The largest absolute Gasteiger partial charge is 0.465 e. The van der Waals surface area contributed by atoms with Crippen LogP contribution in [0.1, 0.15) is 10.4 Å². The van der Waals surface area contributed by atoms with Crippen molar-refractivity contribution in [2.24, 2.45) is 0 Å². The van der Waals surface area contributed by atoms with Crippen molar-refractivity contribution >= 4 is 52.5 Å². The molecule has 0 radical (unpaired) electrons. The number of halogens is 1. The van der Waals surface area contributed by atoms with Gasteiger partial charge in [-0.3, -0.25) is 9.59 Å². The molecule has 2 N–H and O–H groups in total. The molecule has 136 valence electrons. The average Bonchev–Trinajstić information content (AvgIpc) is 2.63. The second-order valence-electron chi connectivity index (χ2n) is 5.13. The van der Waals surface area contributed by atoms with Gasteiger partial charge in [0.2, 0.25) is 11.8 Å². The third-order valence-corrected chi connectivity index (χ3v) is 4.39. The van der Waals surface area contributed by atoms with Gasteiger partial charge in [0.25, 0.3) is 0 Å². The number of para-hydroxylation sites is 1. The van der Waals surface area contributed by atoms with Crippen molar-refractivity contribution in [1.82, 2.24) is 0 Å². The molecule has 0 aromatic heterocycles. The van der Waals surface area contributed by atoms with Crippen molar-refractivity contribution in [3.63, 3.8) is 0 Å². The molecule has 0 spiro atoms. The van der Waals surface area contributed by atoms with Gasteiger partial charge in [-0.15, -0.1) is 11.8 Å². The summed E-state index contributed by atoms with van der Waals surface area (Å²) in [4.78, 5) is 35.6. The highest BCUT2D eigenvalue weighted by molar-refractivity contribution is 8.00. The fourth-order valence-electron chi connectivity index (χ4n) is 2.03. The van der Waals surface area contributed by atoms with E-state index in [0.29, 0.717) is 16.4 Å². The minimum Gasteiger partial charge on any atom is -0.465 e. The zero-order valence-electron chi connectivity index (χ0n) is 14.0. The standard InChI is InChI=1S/C18H17ClN2O4S/c1-25-18(24)14-4-2-3-5-15(14)21-17(23)11-26-10-16(22)20-13-8-6-12(19)7-9-13/h2-9H,10-11H2,1H3,(H,20,22)(H,21,23). The highest BCUT2D eigenvalue weighted by Gasteiger charge is 2.13. The smallest absolute Gasteiger partial charge is 0.339 e. The monoisotopic (exact) mass is 392 g/mol. The molecule has 0 aliphatic rings. The minimum absolute atomic E-state index is 0.0730. The number of hydrogen-bond acceptors (Lipinski definition) is 5. The third-order valence-electron chi connectivity index (χ3n) is 3.20. The fraction of sp³-hybridized carbons (Fsp3) is 0.167. The normalized spacial score (nSPS) is 10.1. The molecule has 0 unspecified atom stereocenters. The van der Waals surface area contributed by atoms with Crippen LogP contribution >= 0.6 is 23.4 Å². The van der Waals surface area contributed by atoms with E-state index >= 15 is 0 Å². The van der Waals surface area contributed by atoms with Crippen LogP contribution in [0.2, 0.25) is 5.02 Å². The molecular weight excluding hydrogens is 376 g/mol. The van der Waals surface area contributed by atoms with Crippen molar-refractivity contribution in [3.8, 4) is 0 Å². The van der Waals surface area contributed by atoms with Gasteiger partial charge < -0.3 is 15.4 Å². The Bertz CT molecular complexity index is 796. The summed E-state index contributed by atoms with van der Waals surface area (Å²) < 4.78 is 4.68. The first kappa shape index (κ1) is 19.8. The lowest BCUT2D eigenvalue weighted by atomic mass is 10.2. The highest BCUT2D eigenvalue weighted by Crippen LogP contribution is 2.17. The van der Waals surface area contributed by atoms with Crippen LogP contribution < -0.4 is 10.6 Å². The minimum atomic E-state index is -0.532. The summed E-state index contributed by atoms with van der Waals surface area (Å²) in [5, 5.41) is 5.95. The van der Waals surface area contributed by atoms with E-state index in [1.165, 1.54) is 7.11 Å². The van der Waals surface area contributed by atoms with Crippen molar-refractivity contribution in [2.75, 3.05) is 29.2 Å². The Morgan fingerprint density at radius 2 is 1.58 bits per heavy atom. The zero-order chi connectivity index (χ0) is 18.9. The first-order valence-electron chi connectivity index (χ1n) is 7.60. The van der Waals surface area contributed by atoms with E-state index in [9.17, 15) is 14.4 Å². The van der Waals surface area contributed by atoms with E-state index in [-0.39, 0.29) is 28.9 Å². The molecule has 0 saturated carbocycles. The molecule has 6 nitrogen and oxygen atoms in total. The van der Waals surface area contributed by atoms with Crippen LogP contribution in [0.15, 0.2) is 48.5 Å². The van der Waals surface area contributed by atoms with E-state index < -0.39 is 5.97 Å². The number of hydrogen-bond donors (Lipinski definition) is 2. The number of thioether (sulfide) groups is 1. The molecule has 2 rings (SSSR count). The summed E-state index contributed by atoms with van der Waals surface area (Å²) in [7, 11) is 1.27. The Hall–Kier alpha value is -2.51. The Kier molecular flexibility index (Phi) is 7.50. The molecule has 2 aromatic rings. The molecule has 0 aliphatic heterocycles. The lowest BCUT2D eigenvalue weighted by Crippen LogP contribution is -2.19. The van der Waals surface area contributed by atoms with Crippen molar-refractivity contribution in [3.05, 3.63) is 59.1 Å². The van der Waals surface area contributed by atoms with E-state index in [2.05, 4.69) is 15.4 Å². The van der Waals surface area contributed by atoms with Gasteiger partial charge in [0, 0.05) is 10.7 Å². The SMILES string of the molecule is COC(=O)c1ccccc1NC(=O)CSCC(=O)Nc1ccc(Cl)cc1. The molecule has 8 heteroatoms. The van der Waals surface area contributed by atoms with Crippen molar-refractivity contribution in [2.45, 2.75) is 0 Å². The molecule has 0 bridgehead atoms. The van der Waals surface area contributed by atoms with Gasteiger partial charge in [-0.05, 0) is 36.4 Å². The van der Waals surface area contributed by atoms with Gasteiger partial charge in [-0.1, -0.05) is 23.7 Å². The Balaban J connectivity index is 1.79. The van der Waals surface area contributed by atoms with Gasteiger partial charge in [-0.2, -0.15) is 0 Å². The number of benzene rings is 2. The van der Waals surface area contributed by atoms with Crippen LogP contribution in [0.4, 0.5) is 11.4 Å². The van der Waals surface area contributed by atoms with Crippen LogP contribution in [-0.2, 0) is 14.3 Å². The molecule has 0 atom stereocenters. The van der Waals surface area contributed by atoms with Crippen molar-refractivity contribution in [1.29, 1.82) is 0 Å². The first-order valence-corrected chi connectivity index (χ1v) is 9.13. The number of ether oxygens (including phenoxy) is 1. The molecule has 0 aliphatic carbocycles. The summed E-state index contributed by atoms with van der Waals surface area (Å²) in [5.74, 6) is -0.875. The molecule has 0 fully saturated rings. The van der Waals surface area contributed by atoms with E-state index in [0.717, 1.165) is 11.8 Å². The Morgan fingerprint density at radius 1 is 0.962 bits per heavy atom. The van der Waals surface area contributed by atoms with Crippen LogP contribution in [0, 0.1) is 0 Å². The van der Waals surface area contributed by atoms with Crippen LogP contribution in [0.25, 0.3) is 0 Å². The number of rotatable bonds is 7. The lowest BCUT2D eigenvalue weighted by molar-refractivity contribution is -0.114. The summed E-state index contributed by atoms with van der Waals surface area (Å²) in [6, 6.07) is 13.3. The third kappa shape index (κ3) is 6.09. The molecular formula is C18H17ClN2O4S. The summed E-state index contributed by atoms with van der Waals surface area (Å²) in [6.45, 7) is 0. The van der Waals surface area contributed by atoms with Crippen LogP contribution in [0.3, 0.4) is 0 Å². The Morgan fingerprint density at radius 3 is 2.23 bits per heavy atom. The second-order valence-corrected chi connectivity index (χ2v) is 6.56. The maximum atomic E-state index is 12.0. The van der Waals surface area contributed by atoms with Crippen molar-refractivity contribution < 1.29 is 19.1 Å². The molecule has 0 heterocycles.